The lowest BCUT2D eigenvalue weighted by Crippen LogP contribution is -2.27. The average Bonchev–Trinajstić information content (AvgIpc) is 2.54. The largest absolute Gasteiger partial charge is 0.352 e. The van der Waals surface area contributed by atoms with E-state index in [0.717, 1.165) is 0 Å². The lowest BCUT2D eigenvalue weighted by molar-refractivity contribution is -0.387. The van der Waals surface area contributed by atoms with Gasteiger partial charge in [0.05, 0.1) is 10.5 Å². The Morgan fingerprint density at radius 2 is 1.67 bits per heavy atom. The highest BCUT2D eigenvalue weighted by molar-refractivity contribution is 5.95. The van der Waals surface area contributed by atoms with Gasteiger partial charge in [-0.1, -0.05) is 12.1 Å². The zero-order valence-electron chi connectivity index (χ0n) is 12.0. The number of rotatable bonds is 5. The van der Waals surface area contributed by atoms with E-state index in [1.807, 2.05) is 0 Å². The summed E-state index contributed by atoms with van der Waals surface area (Å²) in [5, 5.41) is 12.8. The maximum atomic E-state index is 13.6. The molecule has 9 heteroatoms. The van der Waals surface area contributed by atoms with Crippen LogP contribution in [0.5, 0.6) is 0 Å². The first-order valence-electron chi connectivity index (χ1n) is 6.65. The highest BCUT2D eigenvalue weighted by Gasteiger charge is 2.28. The van der Waals surface area contributed by atoms with Crippen molar-refractivity contribution >= 4 is 11.6 Å². The van der Waals surface area contributed by atoms with Gasteiger partial charge in [-0.05, 0) is 24.1 Å². The molecule has 0 aliphatic rings. The van der Waals surface area contributed by atoms with E-state index in [4.69, 9.17) is 0 Å². The minimum Gasteiger partial charge on any atom is -0.352 e. The molecule has 126 valence electrons. The molecule has 0 atom stereocenters. The summed E-state index contributed by atoms with van der Waals surface area (Å²) >= 11 is 0. The third-order valence-corrected chi connectivity index (χ3v) is 3.18. The van der Waals surface area contributed by atoms with Crippen LogP contribution in [0.4, 0.5) is 23.2 Å². The Hall–Kier alpha value is -2.97. The molecule has 0 unspecified atom stereocenters. The molecule has 0 aliphatic carbocycles. The van der Waals surface area contributed by atoms with Crippen molar-refractivity contribution < 1.29 is 27.3 Å². The Kier molecular flexibility index (Phi) is 5.12. The van der Waals surface area contributed by atoms with Gasteiger partial charge in [-0.15, -0.1) is 0 Å². The van der Waals surface area contributed by atoms with Gasteiger partial charge in [-0.25, -0.2) is 13.2 Å². The van der Waals surface area contributed by atoms with Gasteiger partial charge in [-0.3, -0.25) is 14.9 Å². The first-order chi connectivity index (χ1) is 11.3. The van der Waals surface area contributed by atoms with Gasteiger partial charge in [0, 0.05) is 12.6 Å². The Morgan fingerprint density at radius 1 is 1.04 bits per heavy atom. The van der Waals surface area contributed by atoms with Crippen molar-refractivity contribution in [2.45, 2.75) is 6.42 Å². The van der Waals surface area contributed by atoms with Crippen LogP contribution in [0.15, 0.2) is 30.3 Å². The van der Waals surface area contributed by atoms with Crippen molar-refractivity contribution in [1.29, 1.82) is 0 Å². The molecule has 2 aromatic rings. The van der Waals surface area contributed by atoms with Crippen molar-refractivity contribution in [3.8, 4) is 0 Å². The van der Waals surface area contributed by atoms with Crippen LogP contribution in [0, 0.1) is 33.4 Å². The number of nitro benzene ring substituents is 1. The zero-order chi connectivity index (χ0) is 17.9. The fraction of sp³-hybridized carbons (Fsp3) is 0.133. The monoisotopic (exact) mass is 342 g/mol. The number of hydrogen-bond donors (Lipinski definition) is 1. The summed E-state index contributed by atoms with van der Waals surface area (Å²) in [5.74, 6) is -7.43. The number of amides is 1. The summed E-state index contributed by atoms with van der Waals surface area (Å²) in [7, 11) is 0. The summed E-state index contributed by atoms with van der Waals surface area (Å²) in [6.45, 7) is -0.0172. The number of benzene rings is 2. The molecule has 2 aromatic carbocycles. The summed E-state index contributed by atoms with van der Waals surface area (Å²) in [4.78, 5) is 21.2. The maximum absolute atomic E-state index is 13.6. The van der Waals surface area contributed by atoms with E-state index in [0.29, 0.717) is 11.6 Å². The number of nitro groups is 1. The molecule has 0 fully saturated rings. The van der Waals surface area contributed by atoms with Gasteiger partial charge in [0.25, 0.3) is 5.91 Å². The SMILES string of the molecule is O=C(NCCc1ccc(F)cc1)c1cc([N+](=O)[O-])c(F)c(F)c1F. The molecule has 1 amide bonds. The molecule has 0 bridgehead atoms. The maximum Gasteiger partial charge on any atom is 0.308 e. The van der Waals surface area contributed by atoms with Gasteiger partial charge in [-0.2, -0.15) is 4.39 Å². The van der Waals surface area contributed by atoms with Gasteiger partial charge < -0.3 is 5.32 Å². The number of carbonyl (C=O) groups excluding carboxylic acids is 1. The second-order valence-corrected chi connectivity index (χ2v) is 4.77. The van der Waals surface area contributed by atoms with Crippen molar-refractivity contribution in [1.82, 2.24) is 5.32 Å². The normalized spacial score (nSPS) is 10.5. The number of halogens is 4. The minimum absolute atomic E-state index is 0.0172. The van der Waals surface area contributed by atoms with E-state index in [9.17, 15) is 32.5 Å². The van der Waals surface area contributed by atoms with Gasteiger partial charge in [0.2, 0.25) is 11.6 Å². The molecule has 0 aliphatic heterocycles. The molecule has 0 aromatic heterocycles. The first-order valence-corrected chi connectivity index (χ1v) is 6.65. The molecule has 0 saturated carbocycles. The van der Waals surface area contributed by atoms with Crippen molar-refractivity contribution in [3.05, 3.63) is 74.8 Å². The third-order valence-electron chi connectivity index (χ3n) is 3.18. The van der Waals surface area contributed by atoms with Gasteiger partial charge >= 0.3 is 5.69 Å². The third kappa shape index (κ3) is 3.67. The van der Waals surface area contributed by atoms with E-state index < -0.39 is 45.4 Å². The Balaban J connectivity index is 2.12. The molecule has 0 spiro atoms. The van der Waals surface area contributed by atoms with Crippen LogP contribution in [0.25, 0.3) is 0 Å². The van der Waals surface area contributed by atoms with Crippen LogP contribution in [0.1, 0.15) is 15.9 Å². The van der Waals surface area contributed by atoms with Crippen molar-refractivity contribution in [2.24, 2.45) is 0 Å². The van der Waals surface area contributed by atoms with Crippen molar-refractivity contribution in [3.63, 3.8) is 0 Å². The Morgan fingerprint density at radius 3 is 2.25 bits per heavy atom. The molecule has 0 heterocycles. The van der Waals surface area contributed by atoms with Gasteiger partial charge in [0.1, 0.15) is 5.82 Å². The minimum atomic E-state index is -2.09. The Labute approximate surface area is 133 Å². The summed E-state index contributed by atoms with van der Waals surface area (Å²) < 4.78 is 52.9. The Bertz CT molecular complexity index is 794. The summed E-state index contributed by atoms with van der Waals surface area (Å²) in [6, 6.07) is 5.72. The highest BCUT2D eigenvalue weighted by Crippen LogP contribution is 2.25. The van der Waals surface area contributed by atoms with Crippen LogP contribution in [0.2, 0.25) is 0 Å². The van der Waals surface area contributed by atoms with E-state index in [1.165, 1.54) is 24.3 Å². The van der Waals surface area contributed by atoms with E-state index in [2.05, 4.69) is 5.32 Å². The van der Waals surface area contributed by atoms with Crippen LogP contribution >= 0.6 is 0 Å². The van der Waals surface area contributed by atoms with E-state index in [1.54, 1.807) is 0 Å². The smallest absolute Gasteiger partial charge is 0.308 e. The lowest BCUT2D eigenvalue weighted by atomic mass is 10.1. The second-order valence-electron chi connectivity index (χ2n) is 4.77. The standard InChI is InChI=1S/C15H10F4N2O3/c16-9-3-1-8(2-4-9)5-6-20-15(22)10-7-11(21(23)24)13(18)14(19)12(10)17/h1-4,7H,5-6H2,(H,20,22). The molecule has 5 nitrogen and oxygen atoms in total. The lowest BCUT2D eigenvalue weighted by Gasteiger charge is -2.07. The highest BCUT2D eigenvalue weighted by atomic mass is 19.2. The fourth-order valence-electron chi connectivity index (χ4n) is 1.96. The first kappa shape index (κ1) is 17.4. The van der Waals surface area contributed by atoms with Crippen LogP contribution in [-0.4, -0.2) is 17.4 Å². The van der Waals surface area contributed by atoms with Crippen LogP contribution in [0.3, 0.4) is 0 Å². The molecule has 24 heavy (non-hydrogen) atoms. The molecular weight excluding hydrogens is 332 g/mol. The quantitative estimate of drug-likeness (QED) is 0.393. The summed E-state index contributed by atoms with van der Waals surface area (Å²) in [5.41, 5.74) is -1.63. The predicted octanol–water partition coefficient (Wildman–Crippen LogP) is 3.12. The predicted molar refractivity (Wildman–Crippen MR) is 75.4 cm³/mol. The summed E-state index contributed by atoms with van der Waals surface area (Å²) in [6.07, 6.45) is 0.263. The molecule has 0 saturated heterocycles. The topological polar surface area (TPSA) is 72.2 Å². The number of hydrogen-bond acceptors (Lipinski definition) is 3. The van der Waals surface area contributed by atoms with Crippen LogP contribution < -0.4 is 5.32 Å². The number of carbonyl (C=O) groups is 1. The number of nitrogens with one attached hydrogen (secondary N) is 1. The van der Waals surface area contributed by atoms with Crippen LogP contribution in [-0.2, 0) is 6.42 Å². The molecular formula is C15H10F4N2O3. The van der Waals surface area contributed by atoms with Gasteiger partial charge in [0.15, 0.2) is 5.82 Å². The average molecular weight is 342 g/mol. The number of nitrogens with zero attached hydrogens (tertiary/aromatic N) is 1. The zero-order valence-corrected chi connectivity index (χ0v) is 12.0. The fourth-order valence-corrected chi connectivity index (χ4v) is 1.96. The molecule has 2 rings (SSSR count). The van der Waals surface area contributed by atoms with E-state index in [-0.39, 0.29) is 13.0 Å². The molecule has 1 N–H and O–H groups in total. The molecule has 0 radical (unpaired) electrons. The second kappa shape index (κ2) is 7.07. The van der Waals surface area contributed by atoms with E-state index >= 15 is 0 Å². The van der Waals surface area contributed by atoms with Crippen molar-refractivity contribution in [2.75, 3.05) is 6.54 Å².